The highest BCUT2D eigenvalue weighted by Gasteiger charge is 2.25. The predicted octanol–water partition coefficient (Wildman–Crippen LogP) is 1.88. The molecule has 3 heterocycles. The van der Waals surface area contributed by atoms with Crippen molar-refractivity contribution in [2.24, 2.45) is 0 Å². The van der Waals surface area contributed by atoms with Crippen LogP contribution in [-0.4, -0.2) is 45.6 Å². The first kappa shape index (κ1) is 14.1. The Morgan fingerprint density at radius 2 is 2.00 bits per heavy atom. The van der Waals surface area contributed by atoms with E-state index < -0.39 is 5.95 Å². The van der Waals surface area contributed by atoms with Gasteiger partial charge in [-0.3, -0.25) is 0 Å². The molecule has 1 saturated heterocycles. The van der Waals surface area contributed by atoms with Crippen molar-refractivity contribution in [1.29, 1.82) is 0 Å². The van der Waals surface area contributed by atoms with Gasteiger partial charge in [0.2, 0.25) is 5.95 Å². The lowest BCUT2D eigenvalue weighted by Gasteiger charge is -2.40. The summed E-state index contributed by atoms with van der Waals surface area (Å²) < 4.78 is 13.9. The van der Waals surface area contributed by atoms with E-state index in [9.17, 15) is 4.39 Å². The molecular weight excluding hydrogens is 339 g/mol. The van der Waals surface area contributed by atoms with E-state index in [1.807, 2.05) is 0 Å². The van der Waals surface area contributed by atoms with Gasteiger partial charge in [-0.1, -0.05) is 0 Å². The maximum atomic E-state index is 13.2. The maximum absolute atomic E-state index is 13.2. The second-order valence-corrected chi connectivity index (χ2v) is 5.70. The number of hydrogen-bond donors (Lipinski definition) is 0. The maximum Gasteiger partial charge on any atom is 0.218 e. The fourth-order valence-corrected chi connectivity index (χ4v) is 2.66. The number of aromatic nitrogens is 4. The summed E-state index contributed by atoms with van der Waals surface area (Å²) in [4.78, 5) is 20.4. The van der Waals surface area contributed by atoms with E-state index in [0.717, 1.165) is 25.5 Å². The first-order chi connectivity index (χ1) is 10.1. The molecule has 21 heavy (non-hydrogen) atoms. The van der Waals surface area contributed by atoms with Gasteiger partial charge in [-0.05, 0) is 22.9 Å². The van der Waals surface area contributed by atoms with Gasteiger partial charge in [0.05, 0.1) is 12.4 Å². The van der Waals surface area contributed by atoms with Crippen LogP contribution in [0.1, 0.15) is 6.92 Å². The Balaban J connectivity index is 1.73. The molecule has 0 saturated carbocycles. The third kappa shape index (κ3) is 3.10. The van der Waals surface area contributed by atoms with E-state index in [4.69, 9.17) is 0 Å². The predicted molar refractivity (Wildman–Crippen MR) is 80.7 cm³/mol. The Labute approximate surface area is 130 Å². The van der Waals surface area contributed by atoms with Crippen LogP contribution in [0, 0.1) is 5.95 Å². The Morgan fingerprint density at radius 1 is 1.14 bits per heavy atom. The smallest absolute Gasteiger partial charge is 0.218 e. The zero-order valence-electron chi connectivity index (χ0n) is 11.4. The van der Waals surface area contributed by atoms with Crippen molar-refractivity contribution in [3.63, 3.8) is 0 Å². The standard InChI is InChI=1S/C13H14BrFN6/c1-9-7-20(12-4-11(15)18-8-19-12)2-3-21(9)13-6-16-10(14)5-17-13/h4-6,8-9H,2-3,7H2,1H3/t9-/m0/s1. The minimum atomic E-state index is -0.506. The van der Waals surface area contributed by atoms with Crippen LogP contribution in [-0.2, 0) is 0 Å². The normalized spacial score (nSPS) is 18.9. The van der Waals surface area contributed by atoms with E-state index in [0.29, 0.717) is 10.4 Å². The highest BCUT2D eigenvalue weighted by atomic mass is 79.9. The van der Waals surface area contributed by atoms with Crippen molar-refractivity contribution in [1.82, 2.24) is 19.9 Å². The SMILES string of the molecule is C[C@H]1CN(c2cc(F)ncn2)CCN1c1cnc(Br)cn1. The third-order valence-corrected chi connectivity index (χ3v) is 3.88. The fraction of sp³-hybridized carbons (Fsp3) is 0.385. The fourth-order valence-electron chi connectivity index (χ4n) is 2.46. The Bertz CT molecular complexity index is 622. The average molecular weight is 353 g/mol. The van der Waals surface area contributed by atoms with Crippen molar-refractivity contribution < 1.29 is 4.39 Å². The van der Waals surface area contributed by atoms with E-state index in [1.54, 1.807) is 12.4 Å². The van der Waals surface area contributed by atoms with Crippen molar-refractivity contribution in [3.8, 4) is 0 Å². The first-order valence-corrected chi connectivity index (χ1v) is 7.39. The number of rotatable bonds is 2. The molecule has 1 aliphatic rings. The molecule has 3 rings (SSSR count). The molecule has 0 amide bonds. The van der Waals surface area contributed by atoms with Crippen LogP contribution in [0.15, 0.2) is 29.4 Å². The van der Waals surface area contributed by atoms with Gasteiger partial charge in [0.15, 0.2) is 0 Å². The molecule has 0 aromatic carbocycles. The highest BCUT2D eigenvalue weighted by molar-refractivity contribution is 9.10. The van der Waals surface area contributed by atoms with Gasteiger partial charge in [0.25, 0.3) is 0 Å². The second-order valence-electron chi connectivity index (χ2n) is 4.88. The zero-order chi connectivity index (χ0) is 14.8. The summed E-state index contributed by atoms with van der Waals surface area (Å²) >= 11 is 3.28. The molecule has 2 aromatic rings. The molecule has 0 bridgehead atoms. The molecule has 110 valence electrons. The molecule has 1 atom stereocenters. The minimum Gasteiger partial charge on any atom is -0.353 e. The Kier molecular flexibility index (Phi) is 3.96. The van der Waals surface area contributed by atoms with Crippen LogP contribution in [0.5, 0.6) is 0 Å². The van der Waals surface area contributed by atoms with Crippen molar-refractivity contribution in [2.75, 3.05) is 29.4 Å². The molecule has 0 radical (unpaired) electrons. The van der Waals surface area contributed by atoms with E-state index in [1.165, 1.54) is 12.4 Å². The summed E-state index contributed by atoms with van der Waals surface area (Å²) in [6.45, 7) is 4.38. The largest absolute Gasteiger partial charge is 0.353 e. The number of hydrogen-bond acceptors (Lipinski definition) is 6. The summed E-state index contributed by atoms with van der Waals surface area (Å²) in [5.74, 6) is 0.962. The summed E-state index contributed by atoms with van der Waals surface area (Å²) in [7, 11) is 0. The van der Waals surface area contributed by atoms with Crippen molar-refractivity contribution in [3.05, 3.63) is 35.3 Å². The molecule has 1 aliphatic heterocycles. The molecule has 6 nitrogen and oxygen atoms in total. The molecule has 2 aromatic heterocycles. The zero-order valence-corrected chi connectivity index (χ0v) is 13.0. The molecule has 0 aliphatic carbocycles. The Hall–Kier alpha value is -1.83. The van der Waals surface area contributed by atoms with Crippen LogP contribution in [0.2, 0.25) is 0 Å². The molecule has 0 spiro atoms. The van der Waals surface area contributed by atoms with Gasteiger partial charge >= 0.3 is 0 Å². The van der Waals surface area contributed by atoms with Gasteiger partial charge in [0, 0.05) is 31.7 Å². The lowest BCUT2D eigenvalue weighted by Crippen LogP contribution is -2.52. The second kappa shape index (κ2) is 5.88. The number of nitrogens with zero attached hydrogens (tertiary/aromatic N) is 6. The highest BCUT2D eigenvalue weighted by Crippen LogP contribution is 2.21. The van der Waals surface area contributed by atoms with Gasteiger partial charge in [-0.25, -0.2) is 19.9 Å². The van der Waals surface area contributed by atoms with E-state index in [-0.39, 0.29) is 6.04 Å². The lowest BCUT2D eigenvalue weighted by molar-refractivity contribution is 0.535. The van der Waals surface area contributed by atoms with Crippen LogP contribution in [0.4, 0.5) is 16.0 Å². The minimum absolute atomic E-state index is 0.229. The van der Waals surface area contributed by atoms with E-state index >= 15 is 0 Å². The number of halogens is 2. The number of piperazine rings is 1. The van der Waals surface area contributed by atoms with Gasteiger partial charge in [-0.15, -0.1) is 0 Å². The summed E-state index contributed by atoms with van der Waals surface area (Å²) in [5.41, 5.74) is 0. The summed E-state index contributed by atoms with van der Waals surface area (Å²) in [6.07, 6.45) is 4.69. The average Bonchev–Trinajstić information content (AvgIpc) is 2.48. The van der Waals surface area contributed by atoms with Gasteiger partial charge in [-0.2, -0.15) is 4.39 Å². The first-order valence-electron chi connectivity index (χ1n) is 6.60. The number of anilines is 2. The van der Waals surface area contributed by atoms with Crippen LogP contribution in [0.25, 0.3) is 0 Å². The van der Waals surface area contributed by atoms with Crippen LogP contribution < -0.4 is 9.80 Å². The summed E-state index contributed by atoms with van der Waals surface area (Å²) in [5, 5.41) is 0. The lowest BCUT2D eigenvalue weighted by atomic mass is 10.2. The monoisotopic (exact) mass is 352 g/mol. The quantitative estimate of drug-likeness (QED) is 0.769. The van der Waals surface area contributed by atoms with Gasteiger partial charge in [0.1, 0.15) is 22.6 Å². The molecule has 1 fully saturated rings. The third-order valence-electron chi connectivity index (χ3n) is 3.47. The molecule has 0 N–H and O–H groups in total. The molecule has 8 heteroatoms. The topological polar surface area (TPSA) is 58.0 Å². The Morgan fingerprint density at radius 3 is 2.67 bits per heavy atom. The van der Waals surface area contributed by atoms with Crippen molar-refractivity contribution in [2.45, 2.75) is 13.0 Å². The summed E-state index contributed by atoms with van der Waals surface area (Å²) in [6, 6.07) is 1.59. The van der Waals surface area contributed by atoms with Gasteiger partial charge < -0.3 is 9.80 Å². The molecular formula is C13H14BrFN6. The van der Waals surface area contributed by atoms with Crippen LogP contribution >= 0.6 is 15.9 Å². The van der Waals surface area contributed by atoms with Crippen molar-refractivity contribution >= 4 is 27.6 Å². The van der Waals surface area contributed by atoms with Crippen LogP contribution in [0.3, 0.4) is 0 Å². The molecule has 0 unspecified atom stereocenters. The van der Waals surface area contributed by atoms with E-state index in [2.05, 4.69) is 52.6 Å².